The number of hydrogen-bond donors (Lipinski definition) is 0. The zero-order valence-corrected chi connectivity index (χ0v) is 15.1. The van der Waals surface area contributed by atoms with Gasteiger partial charge < -0.3 is 9.64 Å². The van der Waals surface area contributed by atoms with Gasteiger partial charge >= 0.3 is 0 Å². The van der Waals surface area contributed by atoms with E-state index in [2.05, 4.69) is 6.07 Å². The van der Waals surface area contributed by atoms with Gasteiger partial charge in [-0.05, 0) is 47.4 Å². The van der Waals surface area contributed by atoms with Crippen molar-refractivity contribution in [2.24, 2.45) is 0 Å². The fraction of sp³-hybridized carbons (Fsp3) is 0.174. The standard InChI is InChI=1S/C23H20FNO2/c1-27-21-9-5-4-8-20(21)23(26)25-15-14-16-6-2-3-7-19(16)22(25)17-10-12-18(24)13-11-17/h2-13,22H,14-15H2,1H3. The summed E-state index contributed by atoms with van der Waals surface area (Å²) >= 11 is 0. The maximum absolute atomic E-state index is 13.5. The number of carbonyl (C=O) groups excluding carboxylic acids is 1. The van der Waals surface area contributed by atoms with E-state index in [1.165, 1.54) is 17.7 Å². The lowest BCUT2D eigenvalue weighted by Crippen LogP contribution is -2.40. The van der Waals surface area contributed by atoms with Crippen LogP contribution in [0.25, 0.3) is 0 Å². The van der Waals surface area contributed by atoms with E-state index < -0.39 is 0 Å². The van der Waals surface area contributed by atoms with E-state index in [0.29, 0.717) is 17.9 Å². The lowest BCUT2D eigenvalue weighted by atomic mass is 9.87. The molecule has 0 spiro atoms. The summed E-state index contributed by atoms with van der Waals surface area (Å²) < 4.78 is 18.9. The molecule has 0 saturated heterocycles. The molecule has 27 heavy (non-hydrogen) atoms. The molecule has 3 aromatic rings. The van der Waals surface area contributed by atoms with Crippen molar-refractivity contribution >= 4 is 5.91 Å². The molecule has 1 heterocycles. The van der Waals surface area contributed by atoms with Crippen LogP contribution >= 0.6 is 0 Å². The van der Waals surface area contributed by atoms with Crippen LogP contribution < -0.4 is 4.74 Å². The second-order valence-corrected chi connectivity index (χ2v) is 6.60. The highest BCUT2D eigenvalue weighted by atomic mass is 19.1. The van der Waals surface area contributed by atoms with Crippen molar-refractivity contribution < 1.29 is 13.9 Å². The molecule has 3 nitrogen and oxygen atoms in total. The van der Waals surface area contributed by atoms with Crippen molar-refractivity contribution in [1.82, 2.24) is 4.90 Å². The number of hydrogen-bond acceptors (Lipinski definition) is 2. The van der Waals surface area contributed by atoms with Crippen molar-refractivity contribution in [3.8, 4) is 5.75 Å². The van der Waals surface area contributed by atoms with Gasteiger partial charge in [0.15, 0.2) is 0 Å². The third-order valence-electron chi connectivity index (χ3n) is 5.07. The van der Waals surface area contributed by atoms with Crippen LogP contribution in [0.3, 0.4) is 0 Å². The van der Waals surface area contributed by atoms with Gasteiger partial charge in [-0.3, -0.25) is 4.79 Å². The second kappa shape index (κ2) is 7.23. The summed E-state index contributed by atoms with van der Waals surface area (Å²) in [5.41, 5.74) is 3.73. The summed E-state index contributed by atoms with van der Waals surface area (Å²) in [6, 6.07) is 21.5. The van der Waals surface area contributed by atoms with Crippen LogP contribution in [0.15, 0.2) is 72.8 Å². The number of benzene rings is 3. The lowest BCUT2D eigenvalue weighted by molar-refractivity contribution is 0.0691. The number of carbonyl (C=O) groups is 1. The topological polar surface area (TPSA) is 29.5 Å². The van der Waals surface area contributed by atoms with Gasteiger partial charge in [0.25, 0.3) is 5.91 Å². The highest BCUT2D eigenvalue weighted by Gasteiger charge is 2.33. The number of amides is 1. The summed E-state index contributed by atoms with van der Waals surface area (Å²) in [5, 5.41) is 0. The van der Waals surface area contributed by atoms with E-state index in [-0.39, 0.29) is 17.8 Å². The molecule has 3 aromatic carbocycles. The summed E-state index contributed by atoms with van der Waals surface area (Å²) in [5.74, 6) is 0.181. The highest BCUT2D eigenvalue weighted by molar-refractivity contribution is 5.97. The zero-order valence-electron chi connectivity index (χ0n) is 15.1. The van der Waals surface area contributed by atoms with Gasteiger partial charge in [-0.15, -0.1) is 0 Å². The summed E-state index contributed by atoms with van der Waals surface area (Å²) in [4.78, 5) is 15.3. The van der Waals surface area contributed by atoms with Crippen molar-refractivity contribution in [2.75, 3.05) is 13.7 Å². The molecule has 4 rings (SSSR count). The number of methoxy groups -OCH3 is 1. The van der Waals surface area contributed by atoms with Gasteiger partial charge in [0.2, 0.25) is 0 Å². The molecule has 1 aliphatic rings. The molecule has 0 bridgehead atoms. The fourth-order valence-corrected chi connectivity index (χ4v) is 3.77. The number of fused-ring (bicyclic) bond motifs is 1. The maximum atomic E-state index is 13.5. The summed E-state index contributed by atoms with van der Waals surface area (Å²) in [6.07, 6.45) is 0.786. The Morgan fingerprint density at radius 3 is 2.48 bits per heavy atom. The monoisotopic (exact) mass is 361 g/mol. The molecule has 0 aliphatic carbocycles. The average Bonchev–Trinajstić information content (AvgIpc) is 2.73. The Hall–Kier alpha value is -3.14. The van der Waals surface area contributed by atoms with Crippen molar-refractivity contribution in [3.05, 3.63) is 101 Å². The number of halogens is 1. The quantitative estimate of drug-likeness (QED) is 0.681. The van der Waals surface area contributed by atoms with E-state index >= 15 is 0 Å². The second-order valence-electron chi connectivity index (χ2n) is 6.60. The number of ether oxygens (including phenoxy) is 1. The normalized spacial score (nSPS) is 15.9. The summed E-state index contributed by atoms with van der Waals surface area (Å²) in [7, 11) is 1.56. The molecule has 0 saturated carbocycles. The molecule has 0 radical (unpaired) electrons. The van der Waals surface area contributed by atoms with Crippen LogP contribution in [0.5, 0.6) is 5.75 Å². The van der Waals surface area contributed by atoms with Crippen LogP contribution in [0.2, 0.25) is 0 Å². The average molecular weight is 361 g/mol. The van der Waals surface area contributed by atoms with Gasteiger partial charge in [0.05, 0.1) is 18.7 Å². The molecule has 0 fully saturated rings. The third kappa shape index (κ3) is 3.19. The molecular formula is C23H20FNO2. The Labute approximate surface area is 158 Å². The van der Waals surface area contributed by atoms with Crippen molar-refractivity contribution in [3.63, 3.8) is 0 Å². The first kappa shape index (κ1) is 17.3. The Kier molecular flexibility index (Phi) is 4.63. The van der Waals surface area contributed by atoms with E-state index in [1.807, 2.05) is 35.2 Å². The predicted molar refractivity (Wildman–Crippen MR) is 102 cm³/mol. The van der Waals surface area contributed by atoms with Crippen LogP contribution in [0.4, 0.5) is 4.39 Å². The van der Waals surface area contributed by atoms with E-state index in [4.69, 9.17) is 4.74 Å². The van der Waals surface area contributed by atoms with Gasteiger partial charge in [-0.25, -0.2) is 4.39 Å². The minimum Gasteiger partial charge on any atom is -0.496 e. The Morgan fingerprint density at radius 1 is 1.00 bits per heavy atom. The van der Waals surface area contributed by atoms with Crippen molar-refractivity contribution in [1.29, 1.82) is 0 Å². The minimum atomic E-state index is -0.287. The van der Waals surface area contributed by atoms with Crippen LogP contribution in [0, 0.1) is 5.82 Å². The first-order valence-electron chi connectivity index (χ1n) is 8.96. The fourth-order valence-electron chi connectivity index (χ4n) is 3.77. The van der Waals surface area contributed by atoms with E-state index in [1.54, 1.807) is 31.4 Å². The molecule has 0 aromatic heterocycles. The molecule has 0 N–H and O–H groups in total. The zero-order chi connectivity index (χ0) is 18.8. The predicted octanol–water partition coefficient (Wildman–Crippen LogP) is 4.62. The van der Waals surface area contributed by atoms with Gasteiger partial charge in [0, 0.05) is 6.54 Å². The highest BCUT2D eigenvalue weighted by Crippen LogP contribution is 2.37. The number of para-hydroxylation sites is 1. The number of nitrogens with zero attached hydrogens (tertiary/aromatic N) is 1. The Morgan fingerprint density at radius 2 is 1.70 bits per heavy atom. The molecule has 1 unspecified atom stereocenters. The summed E-state index contributed by atoms with van der Waals surface area (Å²) in [6.45, 7) is 0.593. The SMILES string of the molecule is COc1ccccc1C(=O)N1CCc2ccccc2C1c1ccc(F)cc1. The van der Waals surface area contributed by atoms with Crippen molar-refractivity contribution in [2.45, 2.75) is 12.5 Å². The molecule has 136 valence electrons. The number of rotatable bonds is 3. The Bertz CT molecular complexity index is 968. The molecule has 1 amide bonds. The first-order valence-corrected chi connectivity index (χ1v) is 8.96. The Balaban J connectivity index is 1.81. The van der Waals surface area contributed by atoms with Crippen LogP contribution in [-0.2, 0) is 6.42 Å². The largest absolute Gasteiger partial charge is 0.496 e. The minimum absolute atomic E-state index is 0.0868. The van der Waals surface area contributed by atoms with Crippen LogP contribution in [-0.4, -0.2) is 24.5 Å². The third-order valence-corrected chi connectivity index (χ3v) is 5.07. The van der Waals surface area contributed by atoms with E-state index in [9.17, 15) is 9.18 Å². The van der Waals surface area contributed by atoms with Crippen LogP contribution in [0.1, 0.15) is 33.1 Å². The lowest BCUT2D eigenvalue weighted by Gasteiger charge is -2.38. The molecule has 4 heteroatoms. The molecule has 1 aliphatic heterocycles. The maximum Gasteiger partial charge on any atom is 0.258 e. The molecular weight excluding hydrogens is 341 g/mol. The molecule has 1 atom stereocenters. The first-order chi connectivity index (χ1) is 13.2. The van der Waals surface area contributed by atoms with Gasteiger partial charge in [0.1, 0.15) is 11.6 Å². The van der Waals surface area contributed by atoms with E-state index in [0.717, 1.165) is 17.5 Å². The van der Waals surface area contributed by atoms with Gasteiger partial charge in [-0.2, -0.15) is 0 Å². The smallest absolute Gasteiger partial charge is 0.258 e. The van der Waals surface area contributed by atoms with Gasteiger partial charge in [-0.1, -0.05) is 48.5 Å².